The SMILES string of the molecule is CC(C)C(C)(P(Cl)(C1CCCCC1)(C1CCCCC1)C1CCCCC1)P(Cl)(C1CCCCC1)(C1CCCCC1)C1CCCCC1.[Ru]. The van der Waals surface area contributed by atoms with Crippen molar-refractivity contribution in [2.45, 2.75) is 252 Å². The van der Waals surface area contributed by atoms with Gasteiger partial charge in [0.2, 0.25) is 0 Å². The first-order valence-electron chi connectivity index (χ1n) is 21.2. The summed E-state index contributed by atoms with van der Waals surface area (Å²) in [5, 5.41) is 0. The van der Waals surface area contributed by atoms with Crippen LogP contribution in [0.3, 0.4) is 0 Å². The quantitative estimate of drug-likeness (QED) is 0.161. The van der Waals surface area contributed by atoms with Crippen molar-refractivity contribution >= 4 is 34.4 Å². The van der Waals surface area contributed by atoms with Crippen LogP contribution in [0.5, 0.6) is 0 Å². The molecule has 0 amide bonds. The number of hydrogen-bond donors (Lipinski definition) is 0. The molecule has 6 rings (SSSR count). The van der Waals surface area contributed by atoms with Gasteiger partial charge in [-0.05, 0) is 0 Å². The Bertz CT molecular complexity index is 781. The zero-order valence-electron chi connectivity index (χ0n) is 30.8. The maximum atomic E-state index is 9.95. The van der Waals surface area contributed by atoms with Crippen molar-refractivity contribution in [2.24, 2.45) is 5.92 Å². The number of hydrogen-bond acceptors (Lipinski definition) is 0. The molecule has 0 nitrogen and oxygen atoms in total. The van der Waals surface area contributed by atoms with Crippen LogP contribution in [0.4, 0.5) is 0 Å². The molecule has 6 aliphatic rings. The third-order valence-electron chi connectivity index (χ3n) is 16.9. The van der Waals surface area contributed by atoms with Crippen molar-refractivity contribution in [1.29, 1.82) is 0 Å². The van der Waals surface area contributed by atoms with Gasteiger partial charge in [-0.15, -0.1) is 0 Å². The van der Waals surface area contributed by atoms with E-state index in [1.807, 2.05) is 0 Å². The molecular weight excluding hydrogens is 726 g/mol. The summed E-state index contributed by atoms with van der Waals surface area (Å²) in [5.74, 6) is -5.46. The number of halogens is 2. The minimum atomic E-state index is -3.03. The van der Waals surface area contributed by atoms with Gasteiger partial charge in [-0.25, -0.2) is 0 Å². The molecule has 6 fully saturated rings. The van der Waals surface area contributed by atoms with E-state index < -0.39 is 11.9 Å². The Morgan fingerprint density at radius 3 is 0.652 bits per heavy atom. The van der Waals surface area contributed by atoms with Gasteiger partial charge in [0.25, 0.3) is 0 Å². The Morgan fingerprint density at radius 2 is 0.522 bits per heavy atom. The molecule has 0 N–H and O–H groups in total. The minimum absolute atomic E-state index is 0. The molecule has 0 saturated heterocycles. The molecule has 46 heavy (non-hydrogen) atoms. The van der Waals surface area contributed by atoms with Crippen LogP contribution in [-0.2, 0) is 19.5 Å². The van der Waals surface area contributed by atoms with Gasteiger partial charge >= 0.3 is 293 Å². The van der Waals surface area contributed by atoms with Crippen molar-refractivity contribution in [1.82, 2.24) is 0 Å². The molecule has 6 saturated carbocycles. The molecule has 272 valence electrons. The normalized spacial score (nSPS) is 30.0. The van der Waals surface area contributed by atoms with Gasteiger partial charge in [-0.1, -0.05) is 0 Å². The zero-order chi connectivity index (χ0) is 31.6. The van der Waals surface area contributed by atoms with E-state index in [0.717, 1.165) is 34.0 Å². The van der Waals surface area contributed by atoms with Crippen LogP contribution in [0.1, 0.15) is 213 Å². The van der Waals surface area contributed by atoms with Gasteiger partial charge in [0.05, 0.1) is 0 Å². The summed E-state index contributed by atoms with van der Waals surface area (Å²) in [6, 6.07) is 0. The molecule has 0 radical (unpaired) electrons. The van der Waals surface area contributed by atoms with Gasteiger partial charge in [-0.2, -0.15) is 0 Å². The van der Waals surface area contributed by atoms with Crippen LogP contribution in [0.15, 0.2) is 0 Å². The largest absolute Gasteiger partial charge is 0 e. The van der Waals surface area contributed by atoms with Crippen LogP contribution in [0.2, 0.25) is 0 Å². The van der Waals surface area contributed by atoms with Gasteiger partial charge in [0, 0.05) is 19.5 Å². The molecule has 0 heterocycles. The summed E-state index contributed by atoms with van der Waals surface area (Å²) in [7, 11) is 0. The molecule has 0 unspecified atom stereocenters. The Balaban J connectivity index is 0.00000417. The monoisotopic (exact) mass is 802 g/mol. The maximum absolute atomic E-state index is 9.95. The fraction of sp³-hybridized carbons (Fsp3) is 1.00. The third kappa shape index (κ3) is 5.70. The van der Waals surface area contributed by atoms with Crippen LogP contribution >= 0.6 is 34.4 Å². The molecule has 0 aliphatic heterocycles. The molecule has 5 heteroatoms. The van der Waals surface area contributed by atoms with E-state index >= 15 is 0 Å². The molecule has 6 aliphatic carbocycles. The molecule has 0 aromatic heterocycles. The average Bonchev–Trinajstić information content (AvgIpc) is 3.13. The van der Waals surface area contributed by atoms with Gasteiger partial charge in [0.15, 0.2) is 0 Å². The molecule has 0 spiro atoms. The Labute approximate surface area is 310 Å². The standard InChI is InChI=1S/C41H76Cl2P2.Ru/c1-34(2)41(3,44(42,35-22-10-4-11-23-35,36-24-12-5-13-25-36)37-26-14-6-15-27-37)45(43,38-28-16-7-17-29-38,39-30-18-8-19-31-39)40-32-20-9-21-33-40;/h34-40H,4-33H2,1-3H3;. The summed E-state index contributed by atoms with van der Waals surface area (Å²) >= 11 is 19.9. The third-order valence-corrected chi connectivity index (χ3v) is 44.2. The van der Waals surface area contributed by atoms with Crippen LogP contribution in [-0.4, -0.2) is 38.9 Å². The van der Waals surface area contributed by atoms with Crippen molar-refractivity contribution in [3.8, 4) is 0 Å². The molecule has 0 bridgehead atoms. The average molecular weight is 803 g/mol. The topological polar surface area (TPSA) is 0 Å². The first-order valence-corrected chi connectivity index (χ1v) is 27.9. The Kier molecular flexibility index (Phi) is 13.6. The number of rotatable bonds is 9. The van der Waals surface area contributed by atoms with Crippen LogP contribution in [0, 0.1) is 5.92 Å². The van der Waals surface area contributed by atoms with Crippen molar-refractivity contribution in [3.63, 3.8) is 0 Å². The van der Waals surface area contributed by atoms with E-state index in [2.05, 4.69) is 20.8 Å². The van der Waals surface area contributed by atoms with Crippen LogP contribution in [0.25, 0.3) is 0 Å². The molecule has 0 aromatic carbocycles. The van der Waals surface area contributed by atoms with E-state index in [9.17, 15) is 22.5 Å². The molecule has 0 atom stereocenters. The second-order valence-electron chi connectivity index (χ2n) is 18.4. The smallest absolute Gasteiger partial charge is 0 e. The Morgan fingerprint density at radius 1 is 0.370 bits per heavy atom. The van der Waals surface area contributed by atoms with E-state index in [1.165, 1.54) is 193 Å². The second kappa shape index (κ2) is 16.0. The summed E-state index contributed by atoms with van der Waals surface area (Å²) in [5.41, 5.74) is 4.67. The van der Waals surface area contributed by atoms with Gasteiger partial charge < -0.3 is 0 Å². The minimum Gasteiger partial charge on any atom is 0 e. The summed E-state index contributed by atoms with van der Waals surface area (Å²) in [6.45, 7) is 8.51. The summed E-state index contributed by atoms with van der Waals surface area (Å²) < 4.78 is 0. The van der Waals surface area contributed by atoms with E-state index in [1.54, 1.807) is 0 Å². The fourth-order valence-electron chi connectivity index (χ4n) is 15.2. The van der Waals surface area contributed by atoms with Crippen molar-refractivity contribution < 1.29 is 19.5 Å². The predicted octanol–water partition coefficient (Wildman–Crippen LogP) is 15.8. The maximum Gasteiger partial charge on any atom is 0 e. The van der Waals surface area contributed by atoms with E-state index in [4.69, 9.17) is 0 Å². The summed E-state index contributed by atoms with van der Waals surface area (Å²) in [4.78, 5) is 0.137. The molecular formula is C41H76Cl2P2Ru. The summed E-state index contributed by atoms with van der Waals surface area (Å²) in [6.07, 6.45) is 43.3. The first kappa shape index (κ1) is 39.3. The molecule has 0 aromatic rings. The predicted molar refractivity (Wildman–Crippen MR) is 210 cm³/mol. The van der Waals surface area contributed by atoms with E-state index in [-0.39, 0.29) is 24.4 Å². The first-order chi connectivity index (χ1) is 21.7. The van der Waals surface area contributed by atoms with Crippen LogP contribution < -0.4 is 0 Å². The zero-order valence-corrected chi connectivity index (χ0v) is 35.8. The van der Waals surface area contributed by atoms with Crippen molar-refractivity contribution in [3.05, 3.63) is 0 Å². The van der Waals surface area contributed by atoms with E-state index in [0.29, 0.717) is 5.92 Å². The fourth-order valence-corrected chi connectivity index (χ4v) is 48.4. The Hall–Kier alpha value is 2.06. The van der Waals surface area contributed by atoms with Gasteiger partial charge in [-0.3, -0.25) is 0 Å². The van der Waals surface area contributed by atoms with Gasteiger partial charge in [0.1, 0.15) is 0 Å². The van der Waals surface area contributed by atoms with Crippen molar-refractivity contribution in [2.75, 3.05) is 0 Å². The second-order valence-corrected chi connectivity index (χ2v) is 34.4.